The Morgan fingerprint density at radius 1 is 1.22 bits per heavy atom. The topological polar surface area (TPSA) is 66.9 Å². The first-order valence-corrected chi connectivity index (χ1v) is 7.94. The molecule has 2 aliphatic heterocycles. The Balaban J connectivity index is 1.56. The molecule has 6 nitrogen and oxygen atoms in total. The third-order valence-electron chi connectivity index (χ3n) is 4.27. The normalized spacial score (nSPS) is 19.2. The molecule has 0 atom stereocenters. The number of carbonyl (C=O) groups is 3. The highest BCUT2D eigenvalue weighted by atomic mass is 35.5. The summed E-state index contributed by atoms with van der Waals surface area (Å²) in [7, 11) is 0. The third-order valence-corrected chi connectivity index (χ3v) is 4.64. The average Bonchev–Trinajstić information content (AvgIpc) is 2.88. The zero-order valence-corrected chi connectivity index (χ0v) is 13.3. The number of piperidine rings is 1. The lowest BCUT2D eigenvalue weighted by molar-refractivity contribution is -0.132. The molecule has 1 aromatic rings. The van der Waals surface area contributed by atoms with Crippen molar-refractivity contribution >= 4 is 29.5 Å². The summed E-state index contributed by atoms with van der Waals surface area (Å²) in [5, 5.41) is 0.584. The van der Waals surface area contributed by atoms with E-state index < -0.39 is 6.09 Å². The van der Waals surface area contributed by atoms with Crippen molar-refractivity contribution < 1.29 is 19.1 Å². The van der Waals surface area contributed by atoms with Gasteiger partial charge >= 0.3 is 6.09 Å². The molecule has 0 aliphatic carbocycles. The monoisotopic (exact) mass is 336 g/mol. The zero-order chi connectivity index (χ0) is 16.4. The first-order chi connectivity index (χ1) is 11.1. The molecule has 0 aromatic heterocycles. The summed E-state index contributed by atoms with van der Waals surface area (Å²) >= 11 is 6.08. The number of ether oxygens (including phenoxy) is 1. The maximum absolute atomic E-state index is 12.4. The molecule has 2 heterocycles. The Kier molecular flexibility index (Phi) is 4.52. The Hall–Kier alpha value is -2.08. The summed E-state index contributed by atoms with van der Waals surface area (Å²) in [5.74, 6) is -0.289. The largest absolute Gasteiger partial charge is 0.439 e. The van der Waals surface area contributed by atoms with Crippen LogP contribution in [-0.4, -0.2) is 53.4 Å². The molecular formula is C16H17ClN2O4. The van der Waals surface area contributed by atoms with Crippen LogP contribution in [0.5, 0.6) is 0 Å². The fourth-order valence-electron chi connectivity index (χ4n) is 3.01. The van der Waals surface area contributed by atoms with Gasteiger partial charge in [-0.05, 0) is 24.5 Å². The van der Waals surface area contributed by atoms with E-state index >= 15 is 0 Å². The highest BCUT2D eigenvalue weighted by molar-refractivity contribution is 6.31. The molecule has 0 saturated carbocycles. The van der Waals surface area contributed by atoms with E-state index in [2.05, 4.69) is 0 Å². The number of benzene rings is 1. The van der Waals surface area contributed by atoms with Gasteiger partial charge in [-0.15, -0.1) is 0 Å². The molecule has 122 valence electrons. The lowest BCUT2D eigenvalue weighted by atomic mass is 10.0. The van der Waals surface area contributed by atoms with Crippen molar-refractivity contribution in [1.29, 1.82) is 0 Å². The van der Waals surface area contributed by atoms with Crippen LogP contribution in [0.25, 0.3) is 0 Å². The number of imide groups is 1. The van der Waals surface area contributed by atoms with Gasteiger partial charge in [-0.3, -0.25) is 9.59 Å². The number of cyclic esters (lactones) is 1. The minimum atomic E-state index is -0.573. The van der Waals surface area contributed by atoms with Gasteiger partial charge in [-0.1, -0.05) is 29.8 Å². The Morgan fingerprint density at radius 2 is 1.91 bits per heavy atom. The molecule has 2 aliphatic rings. The predicted octanol–water partition coefficient (Wildman–Crippen LogP) is 1.85. The highest BCUT2D eigenvalue weighted by Crippen LogP contribution is 2.22. The van der Waals surface area contributed by atoms with Gasteiger partial charge in [0, 0.05) is 24.2 Å². The second kappa shape index (κ2) is 6.58. The number of amides is 3. The number of nitrogens with zero attached hydrogens (tertiary/aromatic N) is 2. The molecule has 2 saturated heterocycles. The fourth-order valence-corrected chi connectivity index (χ4v) is 3.21. The molecule has 0 N–H and O–H groups in total. The van der Waals surface area contributed by atoms with E-state index in [1.54, 1.807) is 11.0 Å². The summed E-state index contributed by atoms with van der Waals surface area (Å²) < 4.78 is 4.74. The second-order valence-corrected chi connectivity index (χ2v) is 6.11. The average molecular weight is 337 g/mol. The standard InChI is InChI=1S/C16H17ClN2O4/c17-13-4-2-1-3-11(13)9-14(20)18-7-5-12(6-8-18)19-15(21)10-23-16(19)22/h1-4,12H,5-10H2. The van der Waals surface area contributed by atoms with Gasteiger partial charge < -0.3 is 9.64 Å². The van der Waals surface area contributed by atoms with E-state index in [-0.39, 0.29) is 30.9 Å². The highest BCUT2D eigenvalue weighted by Gasteiger charge is 2.38. The minimum Gasteiger partial charge on any atom is -0.439 e. The van der Waals surface area contributed by atoms with Gasteiger partial charge in [0.05, 0.1) is 6.42 Å². The van der Waals surface area contributed by atoms with Crippen LogP contribution < -0.4 is 0 Å². The molecular weight excluding hydrogens is 320 g/mol. The van der Waals surface area contributed by atoms with Crippen LogP contribution in [0.4, 0.5) is 4.79 Å². The van der Waals surface area contributed by atoms with Crippen LogP contribution in [-0.2, 0) is 20.7 Å². The van der Waals surface area contributed by atoms with Gasteiger partial charge in [0.15, 0.2) is 6.61 Å². The quantitative estimate of drug-likeness (QED) is 0.845. The van der Waals surface area contributed by atoms with E-state index in [1.807, 2.05) is 18.2 Å². The molecule has 0 radical (unpaired) electrons. The smallest absolute Gasteiger partial charge is 0.417 e. The van der Waals surface area contributed by atoms with Crippen LogP contribution in [0.15, 0.2) is 24.3 Å². The van der Waals surface area contributed by atoms with Crippen molar-refractivity contribution in [3.63, 3.8) is 0 Å². The number of likely N-dealkylation sites (tertiary alicyclic amines) is 1. The van der Waals surface area contributed by atoms with E-state index in [0.717, 1.165) is 5.56 Å². The predicted molar refractivity (Wildman–Crippen MR) is 83.0 cm³/mol. The first-order valence-electron chi connectivity index (χ1n) is 7.56. The van der Waals surface area contributed by atoms with E-state index in [4.69, 9.17) is 16.3 Å². The minimum absolute atomic E-state index is 0.00637. The molecule has 7 heteroatoms. The molecule has 0 unspecified atom stereocenters. The lowest BCUT2D eigenvalue weighted by Crippen LogP contribution is -2.48. The molecule has 3 amide bonds. The van der Waals surface area contributed by atoms with Gasteiger partial charge in [-0.25, -0.2) is 9.69 Å². The van der Waals surface area contributed by atoms with Crippen LogP contribution in [0, 0.1) is 0 Å². The third kappa shape index (κ3) is 3.32. The summed E-state index contributed by atoms with van der Waals surface area (Å²) in [6.07, 6.45) is 0.843. The number of rotatable bonds is 3. The summed E-state index contributed by atoms with van der Waals surface area (Å²) in [6.45, 7) is 0.862. The lowest BCUT2D eigenvalue weighted by Gasteiger charge is -2.34. The van der Waals surface area contributed by atoms with Crippen LogP contribution in [0.3, 0.4) is 0 Å². The fraction of sp³-hybridized carbons (Fsp3) is 0.438. The van der Waals surface area contributed by atoms with Crippen LogP contribution >= 0.6 is 11.6 Å². The van der Waals surface area contributed by atoms with Gasteiger partial charge in [0.1, 0.15) is 0 Å². The molecule has 23 heavy (non-hydrogen) atoms. The molecule has 0 spiro atoms. The van der Waals surface area contributed by atoms with Crippen molar-refractivity contribution in [2.24, 2.45) is 0 Å². The zero-order valence-electron chi connectivity index (χ0n) is 12.5. The van der Waals surface area contributed by atoms with Crippen LogP contribution in [0.1, 0.15) is 18.4 Å². The molecule has 0 bridgehead atoms. The Bertz CT molecular complexity index is 625. The second-order valence-electron chi connectivity index (χ2n) is 5.70. The maximum Gasteiger partial charge on any atom is 0.417 e. The SMILES string of the molecule is O=C(Cc1ccccc1Cl)N1CCC(N2C(=O)COC2=O)CC1. The Morgan fingerprint density at radius 3 is 2.52 bits per heavy atom. The maximum atomic E-state index is 12.4. The van der Waals surface area contributed by atoms with Crippen molar-refractivity contribution in [3.05, 3.63) is 34.9 Å². The molecule has 3 rings (SSSR count). The summed E-state index contributed by atoms with van der Waals surface area (Å²) in [6, 6.07) is 7.11. The summed E-state index contributed by atoms with van der Waals surface area (Å²) in [4.78, 5) is 38.5. The summed E-state index contributed by atoms with van der Waals surface area (Å²) in [5.41, 5.74) is 0.805. The van der Waals surface area contributed by atoms with Crippen molar-refractivity contribution in [3.8, 4) is 0 Å². The van der Waals surface area contributed by atoms with Crippen LogP contribution in [0.2, 0.25) is 5.02 Å². The van der Waals surface area contributed by atoms with Gasteiger partial charge in [0.25, 0.3) is 5.91 Å². The van der Waals surface area contributed by atoms with E-state index in [0.29, 0.717) is 31.0 Å². The first kappa shape index (κ1) is 15.8. The van der Waals surface area contributed by atoms with Gasteiger partial charge in [-0.2, -0.15) is 0 Å². The number of hydrogen-bond donors (Lipinski definition) is 0. The van der Waals surface area contributed by atoms with Crippen molar-refractivity contribution in [1.82, 2.24) is 9.80 Å². The van der Waals surface area contributed by atoms with Crippen molar-refractivity contribution in [2.45, 2.75) is 25.3 Å². The van der Waals surface area contributed by atoms with E-state index in [9.17, 15) is 14.4 Å². The Labute approximate surface area is 138 Å². The van der Waals surface area contributed by atoms with E-state index in [1.165, 1.54) is 4.90 Å². The number of carbonyl (C=O) groups excluding carboxylic acids is 3. The van der Waals surface area contributed by atoms with Crippen molar-refractivity contribution in [2.75, 3.05) is 19.7 Å². The molecule has 2 fully saturated rings. The number of hydrogen-bond acceptors (Lipinski definition) is 4. The number of halogens is 1. The van der Waals surface area contributed by atoms with Gasteiger partial charge in [0.2, 0.25) is 5.91 Å². The molecule has 1 aromatic carbocycles.